The molecule has 0 spiro atoms. The topological polar surface area (TPSA) is 141 Å². The minimum absolute atomic E-state index is 0.0622. The standard InChI is InChI=1S/C21H20BClNO8P/c1-24-7-6-11(14(26)9-24)16-19(27)18(22)21(32-33(28,29)30)17-13(25)8-15(31-20(16)17)10-4-2-3-5-12(10)23/h2-5,8,11,14,26-27H,6-7,9H2,1H3,(H2,28,29,30)/t11-,14+/m0/s1. The summed E-state index contributed by atoms with van der Waals surface area (Å²) in [5.41, 5.74) is -0.995. The number of benzene rings is 2. The van der Waals surface area contributed by atoms with Gasteiger partial charge in [0.15, 0.2) is 5.43 Å². The van der Waals surface area contributed by atoms with Crippen LogP contribution in [0.3, 0.4) is 0 Å². The number of phosphoric acid groups is 1. The van der Waals surface area contributed by atoms with Gasteiger partial charge in [0.1, 0.15) is 36.1 Å². The van der Waals surface area contributed by atoms with Crippen molar-refractivity contribution in [3.8, 4) is 22.8 Å². The summed E-state index contributed by atoms with van der Waals surface area (Å²) in [6.07, 6.45) is -0.529. The minimum Gasteiger partial charge on any atom is -0.508 e. The molecular formula is C21H20BClNO8P. The van der Waals surface area contributed by atoms with Crippen LogP contribution in [0, 0.1) is 0 Å². The van der Waals surface area contributed by atoms with Crippen LogP contribution in [0.1, 0.15) is 17.9 Å². The van der Waals surface area contributed by atoms with E-state index < -0.39 is 42.2 Å². The highest BCUT2D eigenvalue weighted by Crippen LogP contribution is 2.45. The third-order valence-corrected chi connectivity index (χ3v) is 6.43. The van der Waals surface area contributed by atoms with Crippen molar-refractivity contribution in [1.82, 2.24) is 4.90 Å². The number of phenols is 1. The van der Waals surface area contributed by atoms with Gasteiger partial charge in [-0.3, -0.25) is 14.6 Å². The van der Waals surface area contributed by atoms with Gasteiger partial charge in [0.05, 0.1) is 11.1 Å². The minimum atomic E-state index is -5.15. The van der Waals surface area contributed by atoms with Crippen molar-refractivity contribution >= 4 is 43.7 Å². The van der Waals surface area contributed by atoms with Crippen molar-refractivity contribution in [3.05, 3.63) is 51.1 Å². The van der Waals surface area contributed by atoms with Gasteiger partial charge in [-0.05, 0) is 37.6 Å². The number of hydrogen-bond acceptors (Lipinski definition) is 7. The SMILES string of the molecule is [B]c1c(O)c([C@H]2CCN(C)C[C@H]2O)c2oc(-c3ccccc3Cl)cc(=O)c2c1OP(=O)(O)O. The van der Waals surface area contributed by atoms with Crippen LogP contribution in [0.25, 0.3) is 22.3 Å². The van der Waals surface area contributed by atoms with Crippen LogP contribution in [0.15, 0.2) is 39.5 Å². The Bertz CT molecular complexity index is 1340. The van der Waals surface area contributed by atoms with Gasteiger partial charge in [-0.2, -0.15) is 0 Å². The summed E-state index contributed by atoms with van der Waals surface area (Å²) in [7, 11) is 2.65. The van der Waals surface area contributed by atoms with E-state index in [2.05, 4.69) is 4.52 Å². The van der Waals surface area contributed by atoms with Gasteiger partial charge in [0, 0.05) is 29.7 Å². The second-order valence-corrected chi connectivity index (χ2v) is 9.54. The fourth-order valence-corrected chi connectivity index (χ4v) is 4.83. The summed E-state index contributed by atoms with van der Waals surface area (Å²) in [5, 5.41) is 21.6. The van der Waals surface area contributed by atoms with E-state index in [0.29, 0.717) is 30.1 Å². The molecule has 2 atom stereocenters. The number of phosphoric ester groups is 1. The lowest BCUT2D eigenvalue weighted by Crippen LogP contribution is -2.40. The zero-order valence-electron chi connectivity index (χ0n) is 17.4. The van der Waals surface area contributed by atoms with E-state index >= 15 is 0 Å². The van der Waals surface area contributed by atoms with E-state index in [4.69, 9.17) is 23.9 Å². The van der Waals surface area contributed by atoms with Crippen LogP contribution < -0.4 is 15.4 Å². The van der Waals surface area contributed by atoms with Crippen LogP contribution in [-0.4, -0.2) is 59.0 Å². The van der Waals surface area contributed by atoms with E-state index in [0.717, 1.165) is 6.07 Å². The van der Waals surface area contributed by atoms with Crippen LogP contribution in [-0.2, 0) is 4.57 Å². The Morgan fingerprint density at radius 3 is 2.64 bits per heavy atom. The average molecular weight is 492 g/mol. The van der Waals surface area contributed by atoms with E-state index in [1.807, 2.05) is 11.9 Å². The van der Waals surface area contributed by atoms with Crippen LogP contribution in [0.2, 0.25) is 5.02 Å². The van der Waals surface area contributed by atoms with Gasteiger partial charge in [0.2, 0.25) is 0 Å². The van der Waals surface area contributed by atoms with Crippen molar-refractivity contribution in [2.45, 2.75) is 18.4 Å². The molecule has 1 aromatic heterocycles. The summed E-state index contributed by atoms with van der Waals surface area (Å²) in [4.78, 5) is 33.8. The van der Waals surface area contributed by atoms with E-state index in [1.165, 1.54) is 0 Å². The lowest BCUT2D eigenvalue weighted by molar-refractivity contribution is 0.0631. The maximum atomic E-state index is 13.2. The molecule has 0 unspecified atom stereocenters. The van der Waals surface area contributed by atoms with E-state index in [1.54, 1.807) is 24.3 Å². The van der Waals surface area contributed by atoms with Gasteiger partial charge < -0.3 is 24.1 Å². The number of aliphatic hydroxyl groups excluding tert-OH is 1. The Morgan fingerprint density at radius 1 is 1.30 bits per heavy atom. The molecule has 4 N–H and O–H groups in total. The predicted molar refractivity (Wildman–Crippen MR) is 124 cm³/mol. The zero-order chi connectivity index (χ0) is 24.1. The molecule has 1 aliphatic heterocycles. The van der Waals surface area contributed by atoms with Crippen LogP contribution >= 0.6 is 19.4 Å². The molecule has 1 fully saturated rings. The highest BCUT2D eigenvalue weighted by molar-refractivity contribution is 7.46. The Morgan fingerprint density at radius 2 is 2.00 bits per heavy atom. The first kappa shape index (κ1) is 23.8. The molecule has 0 amide bonds. The molecule has 1 aliphatic rings. The summed E-state index contributed by atoms with van der Waals surface area (Å²) in [6, 6.07) is 7.72. The lowest BCUT2D eigenvalue weighted by Gasteiger charge is -2.34. The van der Waals surface area contributed by atoms with Gasteiger partial charge >= 0.3 is 7.82 Å². The third kappa shape index (κ3) is 4.55. The highest BCUT2D eigenvalue weighted by atomic mass is 35.5. The number of phenolic OH excluding ortho intramolecular Hbond substituents is 1. The second kappa shape index (κ2) is 8.79. The zero-order valence-corrected chi connectivity index (χ0v) is 19.1. The maximum Gasteiger partial charge on any atom is 0.524 e. The van der Waals surface area contributed by atoms with Gasteiger partial charge in [-0.25, -0.2) is 4.57 Å². The quantitative estimate of drug-likeness (QED) is 0.318. The first-order valence-electron chi connectivity index (χ1n) is 9.96. The largest absolute Gasteiger partial charge is 0.524 e. The maximum absolute atomic E-state index is 13.2. The number of rotatable bonds is 4. The molecule has 9 nitrogen and oxygen atoms in total. The van der Waals surface area contributed by atoms with Crippen molar-refractivity contribution in [3.63, 3.8) is 0 Å². The number of hydrogen-bond donors (Lipinski definition) is 4. The highest BCUT2D eigenvalue weighted by Gasteiger charge is 2.35. The van der Waals surface area contributed by atoms with Crippen molar-refractivity contribution in [2.24, 2.45) is 0 Å². The Hall–Kier alpha value is -2.33. The molecule has 4 rings (SSSR count). The Labute approximate surface area is 194 Å². The molecule has 3 aromatic rings. The number of nitrogens with zero attached hydrogens (tertiary/aromatic N) is 1. The van der Waals surface area contributed by atoms with E-state index in [9.17, 15) is 29.4 Å². The van der Waals surface area contributed by atoms with Gasteiger partial charge in [-0.1, -0.05) is 23.7 Å². The number of aromatic hydroxyl groups is 1. The lowest BCUT2D eigenvalue weighted by atomic mass is 9.80. The molecule has 2 radical (unpaired) electrons. The number of likely N-dealkylation sites (tertiary alicyclic amines) is 1. The number of β-amino-alcohol motifs (C(OH)–C–C–N with tert-alkyl or cyclic N) is 1. The number of aliphatic hydroxyl groups is 1. The average Bonchev–Trinajstić information content (AvgIpc) is 2.72. The van der Waals surface area contributed by atoms with E-state index in [-0.39, 0.29) is 22.3 Å². The smallest absolute Gasteiger partial charge is 0.508 e. The molecule has 12 heteroatoms. The number of piperidine rings is 1. The fourth-order valence-electron chi connectivity index (χ4n) is 4.17. The predicted octanol–water partition coefficient (Wildman–Crippen LogP) is 1.86. The Balaban J connectivity index is 2.08. The molecular weight excluding hydrogens is 471 g/mol. The molecule has 1 saturated heterocycles. The van der Waals surface area contributed by atoms with Crippen LogP contribution in [0.4, 0.5) is 0 Å². The van der Waals surface area contributed by atoms with Crippen molar-refractivity contribution < 1.29 is 33.5 Å². The molecule has 0 aliphatic carbocycles. The van der Waals surface area contributed by atoms with Gasteiger partial charge in [-0.15, -0.1) is 0 Å². The molecule has 2 aromatic carbocycles. The first-order valence-corrected chi connectivity index (χ1v) is 11.9. The van der Waals surface area contributed by atoms with Gasteiger partial charge in [0.25, 0.3) is 0 Å². The monoisotopic (exact) mass is 491 g/mol. The normalized spacial score (nSPS) is 19.7. The molecule has 172 valence electrons. The summed E-state index contributed by atoms with van der Waals surface area (Å²) < 4.78 is 22.3. The molecule has 2 heterocycles. The molecule has 0 bridgehead atoms. The number of likely N-dealkylation sites (N-methyl/N-ethyl adjacent to an activating group) is 1. The molecule has 0 saturated carbocycles. The summed E-state index contributed by atoms with van der Waals surface area (Å²) >= 11 is 6.26. The third-order valence-electron chi connectivity index (χ3n) is 5.68. The van der Waals surface area contributed by atoms with Crippen molar-refractivity contribution in [2.75, 3.05) is 20.1 Å². The number of halogens is 1. The van der Waals surface area contributed by atoms with Crippen molar-refractivity contribution in [1.29, 1.82) is 0 Å². The van der Waals surface area contributed by atoms with Crippen LogP contribution in [0.5, 0.6) is 11.5 Å². The number of fused-ring (bicyclic) bond motifs is 1. The Kier molecular flexibility index (Phi) is 6.35. The summed E-state index contributed by atoms with van der Waals surface area (Å²) in [5.74, 6) is -1.88. The first-order chi connectivity index (χ1) is 15.5. The second-order valence-electron chi connectivity index (χ2n) is 7.97. The summed E-state index contributed by atoms with van der Waals surface area (Å²) in [6.45, 7) is 0.873. The fraction of sp³-hybridized carbons (Fsp3) is 0.286. The molecule has 33 heavy (non-hydrogen) atoms.